The van der Waals surface area contributed by atoms with Gasteiger partial charge in [0.1, 0.15) is 4.88 Å². The van der Waals surface area contributed by atoms with E-state index in [0.29, 0.717) is 21.3 Å². The zero-order valence-corrected chi connectivity index (χ0v) is 14.6. The number of amides is 1. The van der Waals surface area contributed by atoms with E-state index in [0.717, 1.165) is 11.3 Å². The largest absolute Gasteiger partial charge is 0.321 e. The van der Waals surface area contributed by atoms with Crippen LogP contribution in [0.5, 0.6) is 0 Å². The van der Waals surface area contributed by atoms with E-state index in [-0.39, 0.29) is 15.6 Å². The van der Waals surface area contributed by atoms with Gasteiger partial charge in [0, 0.05) is 33.5 Å². The number of hydrogen-bond donors (Lipinski definition) is 1. The average molecular weight is 395 g/mol. The molecule has 0 saturated heterocycles. The summed E-state index contributed by atoms with van der Waals surface area (Å²) < 4.78 is 0.549. The van der Waals surface area contributed by atoms with Gasteiger partial charge in [0.2, 0.25) is 0 Å². The minimum atomic E-state index is -0.591. The molecule has 3 rings (SSSR count). The molecule has 1 N–H and O–H groups in total. The number of fused-ring (bicyclic) bond motifs is 1. The number of rotatable bonds is 4. The monoisotopic (exact) mass is 394 g/mol. The fraction of sp³-hybridized carbons (Fsp3) is 0. The Labute approximate surface area is 155 Å². The van der Waals surface area contributed by atoms with Crippen molar-refractivity contribution in [3.05, 3.63) is 68.0 Å². The standard InChI is InChI=1S/C16H8Cl2N2O4S/c17-13-11-6-5-10(20(23)24)7-12(11)25-14(13)16(22)19-9-3-1-8(2-4-9)15(18)21/h1-7H,(H,19,22). The Kier molecular flexibility index (Phi) is 4.71. The average Bonchev–Trinajstić information content (AvgIpc) is 2.91. The van der Waals surface area contributed by atoms with Crippen molar-refractivity contribution >= 4 is 67.1 Å². The normalized spacial score (nSPS) is 10.6. The third kappa shape index (κ3) is 3.48. The van der Waals surface area contributed by atoms with Crippen molar-refractivity contribution in [2.75, 3.05) is 5.32 Å². The van der Waals surface area contributed by atoms with Gasteiger partial charge in [-0.15, -0.1) is 11.3 Å². The Bertz CT molecular complexity index is 1010. The number of nitrogens with zero attached hydrogens (tertiary/aromatic N) is 1. The van der Waals surface area contributed by atoms with Crippen LogP contribution in [0.1, 0.15) is 20.0 Å². The van der Waals surface area contributed by atoms with E-state index < -0.39 is 16.1 Å². The molecule has 126 valence electrons. The summed E-state index contributed by atoms with van der Waals surface area (Å²) >= 11 is 12.7. The first-order valence-electron chi connectivity index (χ1n) is 6.84. The first-order chi connectivity index (χ1) is 11.9. The smallest absolute Gasteiger partial charge is 0.270 e. The third-order valence-corrected chi connectivity index (χ3v) is 5.27. The van der Waals surface area contributed by atoms with Crippen LogP contribution >= 0.6 is 34.5 Å². The van der Waals surface area contributed by atoms with Crippen molar-refractivity contribution < 1.29 is 14.5 Å². The van der Waals surface area contributed by atoms with Crippen LogP contribution in [0.15, 0.2) is 42.5 Å². The molecule has 0 aliphatic carbocycles. The highest BCUT2D eigenvalue weighted by molar-refractivity contribution is 7.21. The second kappa shape index (κ2) is 6.79. The summed E-state index contributed by atoms with van der Waals surface area (Å²) in [4.78, 5) is 34.1. The van der Waals surface area contributed by atoms with Crippen LogP contribution < -0.4 is 5.32 Å². The lowest BCUT2D eigenvalue weighted by molar-refractivity contribution is -0.384. The lowest BCUT2D eigenvalue weighted by atomic mass is 10.2. The van der Waals surface area contributed by atoms with Crippen molar-refractivity contribution in [1.82, 2.24) is 0 Å². The number of nitro groups is 1. The van der Waals surface area contributed by atoms with E-state index in [4.69, 9.17) is 23.2 Å². The summed E-state index contributed by atoms with van der Waals surface area (Å²) in [5.41, 5.74) is 0.705. The van der Waals surface area contributed by atoms with Crippen LogP contribution in [0.2, 0.25) is 5.02 Å². The highest BCUT2D eigenvalue weighted by Crippen LogP contribution is 2.37. The first kappa shape index (κ1) is 17.3. The van der Waals surface area contributed by atoms with Crippen molar-refractivity contribution in [2.45, 2.75) is 0 Å². The maximum atomic E-state index is 12.4. The highest BCUT2D eigenvalue weighted by atomic mass is 35.5. The van der Waals surface area contributed by atoms with E-state index in [1.54, 1.807) is 12.1 Å². The molecule has 0 unspecified atom stereocenters. The van der Waals surface area contributed by atoms with Crippen molar-refractivity contribution in [2.24, 2.45) is 0 Å². The first-order valence-corrected chi connectivity index (χ1v) is 8.42. The number of nitrogens with one attached hydrogen (secondary N) is 1. The van der Waals surface area contributed by atoms with Crippen LogP contribution in [0.25, 0.3) is 10.1 Å². The van der Waals surface area contributed by atoms with Gasteiger partial charge in [-0.25, -0.2) is 0 Å². The maximum Gasteiger partial charge on any atom is 0.270 e. The number of carbonyl (C=O) groups excluding carboxylic acids is 2. The van der Waals surface area contributed by atoms with Gasteiger partial charge >= 0.3 is 0 Å². The number of anilines is 1. The second-order valence-corrected chi connectivity index (χ2v) is 6.76. The second-order valence-electron chi connectivity index (χ2n) is 4.99. The minimum Gasteiger partial charge on any atom is -0.321 e. The van der Waals surface area contributed by atoms with Crippen LogP contribution in [0.4, 0.5) is 11.4 Å². The lowest BCUT2D eigenvalue weighted by Crippen LogP contribution is -2.10. The molecule has 1 aromatic heterocycles. The fourth-order valence-electron chi connectivity index (χ4n) is 2.19. The molecule has 0 fully saturated rings. The summed E-state index contributed by atoms with van der Waals surface area (Å²) in [7, 11) is 0. The number of non-ortho nitro benzene ring substituents is 1. The van der Waals surface area contributed by atoms with Gasteiger partial charge in [-0.3, -0.25) is 19.7 Å². The van der Waals surface area contributed by atoms with Gasteiger partial charge in [-0.05, 0) is 41.9 Å². The zero-order valence-electron chi connectivity index (χ0n) is 12.3. The van der Waals surface area contributed by atoms with E-state index in [1.165, 1.54) is 30.3 Å². The molecule has 2 aromatic carbocycles. The molecule has 25 heavy (non-hydrogen) atoms. The maximum absolute atomic E-state index is 12.4. The van der Waals surface area contributed by atoms with Crippen molar-refractivity contribution in [3.8, 4) is 0 Å². The number of hydrogen-bond acceptors (Lipinski definition) is 5. The van der Waals surface area contributed by atoms with E-state index in [9.17, 15) is 19.7 Å². The fourth-order valence-corrected chi connectivity index (χ4v) is 3.76. The van der Waals surface area contributed by atoms with Gasteiger partial charge in [0.15, 0.2) is 0 Å². The summed E-state index contributed by atoms with van der Waals surface area (Å²) in [6.45, 7) is 0. The molecular weight excluding hydrogens is 387 g/mol. The van der Waals surface area contributed by atoms with Crippen molar-refractivity contribution in [1.29, 1.82) is 0 Å². The molecule has 0 spiro atoms. The molecular formula is C16H8Cl2N2O4S. The molecule has 0 saturated carbocycles. The molecule has 1 amide bonds. The summed E-state index contributed by atoms with van der Waals surface area (Å²) in [5, 5.41) is 13.7. The number of benzene rings is 2. The topological polar surface area (TPSA) is 89.3 Å². The van der Waals surface area contributed by atoms with Crippen LogP contribution in [0, 0.1) is 10.1 Å². The molecule has 9 heteroatoms. The van der Waals surface area contributed by atoms with Crippen LogP contribution in [0.3, 0.4) is 0 Å². The third-order valence-electron chi connectivity index (χ3n) is 3.40. The van der Waals surface area contributed by atoms with Gasteiger partial charge in [-0.2, -0.15) is 0 Å². The van der Waals surface area contributed by atoms with E-state index in [2.05, 4.69) is 5.32 Å². The number of carbonyl (C=O) groups is 2. The molecule has 6 nitrogen and oxygen atoms in total. The molecule has 0 aliphatic heterocycles. The molecule has 0 radical (unpaired) electrons. The van der Waals surface area contributed by atoms with E-state index in [1.807, 2.05) is 0 Å². The molecule has 0 bridgehead atoms. The summed E-state index contributed by atoms with van der Waals surface area (Å²) in [5.74, 6) is -0.446. The number of nitro benzene ring substituents is 1. The number of thiophene rings is 1. The Balaban J connectivity index is 1.90. The molecule has 1 heterocycles. The van der Waals surface area contributed by atoms with E-state index >= 15 is 0 Å². The Morgan fingerprint density at radius 1 is 1.12 bits per heavy atom. The van der Waals surface area contributed by atoms with Gasteiger partial charge < -0.3 is 5.32 Å². The van der Waals surface area contributed by atoms with Crippen LogP contribution in [-0.4, -0.2) is 16.1 Å². The SMILES string of the molecule is O=C(Cl)c1ccc(NC(=O)c2sc3cc([N+](=O)[O-])ccc3c2Cl)cc1. The van der Waals surface area contributed by atoms with Crippen molar-refractivity contribution in [3.63, 3.8) is 0 Å². The minimum absolute atomic E-state index is 0.0706. The predicted molar refractivity (Wildman–Crippen MR) is 98.1 cm³/mol. The Hall–Kier alpha value is -2.48. The van der Waals surface area contributed by atoms with Gasteiger partial charge in [-0.1, -0.05) is 11.6 Å². The molecule has 0 atom stereocenters. The number of halogens is 2. The van der Waals surface area contributed by atoms with Gasteiger partial charge in [0.05, 0.1) is 9.95 Å². The summed E-state index contributed by atoms with van der Waals surface area (Å²) in [6, 6.07) is 10.3. The zero-order chi connectivity index (χ0) is 18.1. The molecule has 0 aliphatic rings. The lowest BCUT2D eigenvalue weighted by Gasteiger charge is -2.04. The predicted octanol–water partition coefficient (Wildman–Crippen LogP) is 5.09. The van der Waals surface area contributed by atoms with Gasteiger partial charge in [0.25, 0.3) is 16.8 Å². The van der Waals surface area contributed by atoms with Crippen LogP contribution in [-0.2, 0) is 0 Å². The Morgan fingerprint density at radius 2 is 1.80 bits per heavy atom. The summed E-state index contributed by atoms with van der Waals surface area (Å²) in [6.07, 6.45) is 0. The highest BCUT2D eigenvalue weighted by Gasteiger charge is 2.19. The quantitative estimate of drug-likeness (QED) is 0.378. The molecule has 3 aromatic rings. The Morgan fingerprint density at radius 3 is 2.40 bits per heavy atom.